The predicted octanol–water partition coefficient (Wildman–Crippen LogP) is 4.25. The van der Waals surface area contributed by atoms with E-state index in [-0.39, 0.29) is 17.6 Å². The molecule has 0 aliphatic rings. The number of nitrogens with one attached hydrogen (secondary N) is 1. The van der Waals surface area contributed by atoms with E-state index in [1.165, 1.54) is 11.8 Å². The van der Waals surface area contributed by atoms with Crippen molar-refractivity contribution in [1.82, 2.24) is 15.5 Å². The number of carbonyl (C=O) groups excluding carboxylic acids is 1. The normalized spacial score (nSPS) is 10.7. The Labute approximate surface area is 151 Å². The zero-order valence-corrected chi connectivity index (χ0v) is 15.0. The Balaban J connectivity index is 1.75. The minimum Gasteiger partial charge on any atom is -0.359 e. The van der Waals surface area contributed by atoms with Gasteiger partial charge in [-0.05, 0) is 44.0 Å². The third-order valence-electron chi connectivity index (χ3n) is 3.92. The highest BCUT2D eigenvalue weighted by Crippen LogP contribution is 2.28. The van der Waals surface area contributed by atoms with E-state index in [0.717, 1.165) is 22.4 Å². The Kier molecular flexibility index (Phi) is 4.86. The van der Waals surface area contributed by atoms with E-state index in [9.17, 15) is 4.79 Å². The highest BCUT2D eigenvalue weighted by Gasteiger charge is 2.14. The molecule has 25 heavy (non-hydrogen) atoms. The van der Waals surface area contributed by atoms with Crippen LogP contribution < -0.4 is 5.32 Å². The lowest BCUT2D eigenvalue weighted by Gasteiger charge is -2.07. The van der Waals surface area contributed by atoms with E-state index in [4.69, 9.17) is 16.1 Å². The molecule has 0 saturated carbocycles. The Hall–Kier alpha value is -2.66. The topological polar surface area (TPSA) is 68.0 Å². The van der Waals surface area contributed by atoms with E-state index >= 15 is 0 Å². The van der Waals surface area contributed by atoms with E-state index < -0.39 is 0 Å². The molecule has 0 fully saturated rings. The van der Waals surface area contributed by atoms with Gasteiger partial charge in [-0.1, -0.05) is 34.5 Å². The van der Waals surface area contributed by atoms with Crippen LogP contribution in [0.2, 0.25) is 5.15 Å². The molecule has 0 spiro atoms. The van der Waals surface area contributed by atoms with Crippen molar-refractivity contribution >= 4 is 17.5 Å². The van der Waals surface area contributed by atoms with Crippen molar-refractivity contribution in [3.8, 4) is 11.3 Å². The molecule has 2 heterocycles. The first-order valence-corrected chi connectivity index (χ1v) is 8.26. The molecule has 1 aromatic carbocycles. The number of aryl methyl sites for hydroxylation is 3. The lowest BCUT2D eigenvalue weighted by Crippen LogP contribution is -2.23. The molecule has 6 heteroatoms. The van der Waals surface area contributed by atoms with Crippen molar-refractivity contribution in [3.05, 3.63) is 69.7 Å². The summed E-state index contributed by atoms with van der Waals surface area (Å²) >= 11 is 5.92. The molecule has 0 aliphatic heterocycles. The molecule has 2 aromatic heterocycles. The summed E-state index contributed by atoms with van der Waals surface area (Å²) in [4.78, 5) is 16.1. The summed E-state index contributed by atoms with van der Waals surface area (Å²) < 4.78 is 5.36. The van der Waals surface area contributed by atoms with Crippen LogP contribution in [0.1, 0.15) is 32.8 Å². The van der Waals surface area contributed by atoms with Gasteiger partial charge in [-0.2, -0.15) is 0 Å². The number of hydrogen-bond donors (Lipinski definition) is 1. The second-order valence-electron chi connectivity index (χ2n) is 5.98. The zero-order valence-electron chi connectivity index (χ0n) is 14.3. The maximum absolute atomic E-state index is 12.2. The van der Waals surface area contributed by atoms with Crippen LogP contribution in [0.15, 0.2) is 41.1 Å². The predicted molar refractivity (Wildman–Crippen MR) is 96.6 cm³/mol. The van der Waals surface area contributed by atoms with Gasteiger partial charge in [-0.25, -0.2) is 4.98 Å². The molecule has 0 unspecified atom stereocenters. The molecule has 0 radical (unpaired) electrons. The van der Waals surface area contributed by atoms with Gasteiger partial charge in [-0.15, -0.1) is 0 Å². The van der Waals surface area contributed by atoms with Crippen molar-refractivity contribution in [2.45, 2.75) is 27.3 Å². The van der Waals surface area contributed by atoms with Crippen LogP contribution in [0.25, 0.3) is 11.3 Å². The number of halogens is 1. The zero-order chi connectivity index (χ0) is 18.0. The summed E-state index contributed by atoms with van der Waals surface area (Å²) in [5, 5.41) is 7.07. The summed E-state index contributed by atoms with van der Waals surface area (Å²) in [5.41, 5.74) is 5.64. The Morgan fingerprint density at radius 3 is 2.60 bits per heavy atom. The number of amides is 1. The van der Waals surface area contributed by atoms with Crippen LogP contribution in [0.3, 0.4) is 0 Å². The van der Waals surface area contributed by atoms with Gasteiger partial charge in [0.25, 0.3) is 5.91 Å². The van der Waals surface area contributed by atoms with Gasteiger partial charge in [0, 0.05) is 17.8 Å². The second kappa shape index (κ2) is 7.07. The standard InChI is InChI=1S/C19H18ClN3O2/c1-11-7-12(2)17(13(3)8-11)16-9-14(25-23-16)10-22-19(24)15-5-4-6-21-18(15)20/h4-9H,10H2,1-3H3,(H,22,24). The number of hydrogen-bond acceptors (Lipinski definition) is 4. The molecule has 0 atom stereocenters. The van der Waals surface area contributed by atoms with E-state index in [1.807, 2.05) is 6.07 Å². The van der Waals surface area contributed by atoms with Crippen LogP contribution in [0.4, 0.5) is 0 Å². The Bertz CT molecular complexity index is 911. The fourth-order valence-corrected chi connectivity index (χ4v) is 3.12. The fourth-order valence-electron chi connectivity index (χ4n) is 2.92. The van der Waals surface area contributed by atoms with E-state index in [0.29, 0.717) is 11.3 Å². The first kappa shape index (κ1) is 17.2. The fraction of sp³-hybridized carbons (Fsp3) is 0.211. The third-order valence-corrected chi connectivity index (χ3v) is 4.22. The minimum absolute atomic E-state index is 0.171. The van der Waals surface area contributed by atoms with Gasteiger partial charge in [0.2, 0.25) is 0 Å². The SMILES string of the molecule is Cc1cc(C)c(-c2cc(CNC(=O)c3cccnc3Cl)on2)c(C)c1. The summed E-state index contributed by atoms with van der Waals surface area (Å²) in [6.45, 7) is 6.39. The Morgan fingerprint density at radius 2 is 1.92 bits per heavy atom. The van der Waals surface area contributed by atoms with Crippen LogP contribution in [0.5, 0.6) is 0 Å². The molecule has 128 valence electrons. The molecule has 5 nitrogen and oxygen atoms in total. The highest BCUT2D eigenvalue weighted by atomic mass is 35.5. The Morgan fingerprint density at radius 1 is 1.20 bits per heavy atom. The molecular weight excluding hydrogens is 338 g/mol. The number of rotatable bonds is 4. The summed E-state index contributed by atoms with van der Waals surface area (Å²) in [7, 11) is 0. The van der Waals surface area contributed by atoms with E-state index in [1.54, 1.807) is 12.1 Å². The molecule has 0 saturated heterocycles. The number of benzene rings is 1. The molecule has 1 amide bonds. The summed E-state index contributed by atoms with van der Waals surface area (Å²) in [5.74, 6) is 0.265. The molecule has 3 rings (SSSR count). The molecule has 0 bridgehead atoms. The van der Waals surface area contributed by atoms with Crippen LogP contribution >= 0.6 is 11.6 Å². The largest absolute Gasteiger partial charge is 0.359 e. The first-order chi connectivity index (χ1) is 12.0. The van der Waals surface area contributed by atoms with Gasteiger partial charge in [0.1, 0.15) is 10.8 Å². The average molecular weight is 356 g/mol. The maximum atomic E-state index is 12.2. The van der Waals surface area contributed by atoms with Crippen molar-refractivity contribution < 1.29 is 9.32 Å². The van der Waals surface area contributed by atoms with Crippen LogP contribution in [-0.4, -0.2) is 16.0 Å². The lowest BCUT2D eigenvalue weighted by molar-refractivity contribution is 0.0947. The van der Waals surface area contributed by atoms with E-state index in [2.05, 4.69) is 48.4 Å². The highest BCUT2D eigenvalue weighted by molar-refractivity contribution is 6.32. The van der Waals surface area contributed by atoms with Gasteiger partial charge >= 0.3 is 0 Å². The molecule has 1 N–H and O–H groups in total. The van der Waals surface area contributed by atoms with Gasteiger partial charge < -0.3 is 9.84 Å². The van der Waals surface area contributed by atoms with Crippen LogP contribution in [0, 0.1) is 20.8 Å². The smallest absolute Gasteiger partial charge is 0.254 e. The number of aromatic nitrogens is 2. The molecule has 3 aromatic rings. The number of pyridine rings is 1. The first-order valence-electron chi connectivity index (χ1n) is 7.88. The minimum atomic E-state index is -0.307. The van der Waals surface area contributed by atoms with Crippen molar-refractivity contribution in [3.63, 3.8) is 0 Å². The lowest BCUT2D eigenvalue weighted by atomic mass is 9.97. The quantitative estimate of drug-likeness (QED) is 0.710. The molecule has 0 aliphatic carbocycles. The average Bonchev–Trinajstić information content (AvgIpc) is 3.00. The van der Waals surface area contributed by atoms with Crippen molar-refractivity contribution in [2.75, 3.05) is 0 Å². The third kappa shape index (κ3) is 3.72. The van der Waals surface area contributed by atoms with Crippen LogP contribution in [-0.2, 0) is 6.54 Å². The maximum Gasteiger partial charge on any atom is 0.254 e. The summed E-state index contributed by atoms with van der Waals surface area (Å²) in [6.07, 6.45) is 1.54. The monoisotopic (exact) mass is 355 g/mol. The van der Waals surface area contributed by atoms with Gasteiger partial charge in [0.05, 0.1) is 12.1 Å². The van der Waals surface area contributed by atoms with Gasteiger partial charge in [0.15, 0.2) is 5.76 Å². The van der Waals surface area contributed by atoms with Gasteiger partial charge in [-0.3, -0.25) is 4.79 Å². The van der Waals surface area contributed by atoms with Crippen molar-refractivity contribution in [2.24, 2.45) is 0 Å². The number of carbonyl (C=O) groups is 1. The number of nitrogens with zero attached hydrogens (tertiary/aromatic N) is 2. The summed E-state index contributed by atoms with van der Waals surface area (Å²) in [6, 6.07) is 9.35. The molecular formula is C19H18ClN3O2. The van der Waals surface area contributed by atoms with Crippen molar-refractivity contribution in [1.29, 1.82) is 0 Å². The second-order valence-corrected chi connectivity index (χ2v) is 6.33.